The molecule has 2 amide bonds. The zero-order valence-corrected chi connectivity index (χ0v) is 26.8. The second-order valence-electron chi connectivity index (χ2n) is 10.8. The van der Waals surface area contributed by atoms with Crippen LogP contribution in [0.25, 0.3) is 0 Å². The molecule has 41 heavy (non-hydrogen) atoms. The van der Waals surface area contributed by atoms with Crippen LogP contribution in [0, 0.1) is 6.92 Å². The summed E-state index contributed by atoms with van der Waals surface area (Å²) in [5, 5.41) is 2.93. The maximum absolute atomic E-state index is 14.0. The van der Waals surface area contributed by atoms with E-state index in [-0.39, 0.29) is 17.3 Å². The molecule has 0 bridgehead atoms. The first-order chi connectivity index (χ1) is 19.2. The van der Waals surface area contributed by atoms with Gasteiger partial charge in [-0.25, -0.2) is 8.42 Å². The lowest BCUT2D eigenvalue weighted by atomic mass is 10.1. The number of halogens is 1. The predicted octanol–water partition coefficient (Wildman–Crippen LogP) is 5.68. The zero-order valence-electron chi connectivity index (χ0n) is 24.3. The summed E-state index contributed by atoms with van der Waals surface area (Å²) in [5.41, 5.74) is 1.56. The fourth-order valence-corrected chi connectivity index (χ4v) is 5.99. The van der Waals surface area contributed by atoms with Gasteiger partial charge in [-0.1, -0.05) is 45.8 Å². The molecule has 3 aromatic carbocycles. The van der Waals surface area contributed by atoms with Crippen molar-refractivity contribution in [3.05, 3.63) is 88.4 Å². The van der Waals surface area contributed by atoms with Gasteiger partial charge in [0.05, 0.1) is 17.2 Å². The quantitative estimate of drug-likeness (QED) is 0.290. The molecular formula is C31H38BrN3O5S. The van der Waals surface area contributed by atoms with Crippen LogP contribution in [0.2, 0.25) is 0 Å². The molecule has 0 aromatic heterocycles. The number of ether oxygens (including phenoxy) is 1. The van der Waals surface area contributed by atoms with Crippen LogP contribution in [0.5, 0.6) is 5.75 Å². The average Bonchev–Trinajstić information content (AvgIpc) is 2.90. The molecule has 8 nitrogen and oxygen atoms in total. The number of hydrogen-bond acceptors (Lipinski definition) is 5. The summed E-state index contributed by atoms with van der Waals surface area (Å²) >= 11 is 3.46. The van der Waals surface area contributed by atoms with Gasteiger partial charge in [-0.3, -0.25) is 13.9 Å². The number of anilines is 1. The van der Waals surface area contributed by atoms with E-state index in [4.69, 9.17) is 4.74 Å². The number of carbonyl (C=O) groups excluding carboxylic acids is 2. The molecule has 0 saturated heterocycles. The van der Waals surface area contributed by atoms with Crippen molar-refractivity contribution in [2.45, 2.75) is 64.6 Å². The number of rotatable bonds is 11. The van der Waals surface area contributed by atoms with Gasteiger partial charge in [0.1, 0.15) is 18.3 Å². The largest absolute Gasteiger partial charge is 0.494 e. The van der Waals surface area contributed by atoms with Crippen molar-refractivity contribution in [3.63, 3.8) is 0 Å². The number of aryl methyl sites for hydroxylation is 1. The average molecular weight is 645 g/mol. The van der Waals surface area contributed by atoms with Gasteiger partial charge < -0.3 is 15.0 Å². The van der Waals surface area contributed by atoms with Crippen molar-refractivity contribution in [2.24, 2.45) is 0 Å². The number of sulfonamides is 1. The molecule has 0 aliphatic rings. The summed E-state index contributed by atoms with van der Waals surface area (Å²) in [5.74, 6) is -0.308. The lowest BCUT2D eigenvalue weighted by molar-refractivity contribution is -0.140. The maximum Gasteiger partial charge on any atom is 0.264 e. The van der Waals surface area contributed by atoms with Crippen LogP contribution in [0.4, 0.5) is 5.69 Å². The highest BCUT2D eigenvalue weighted by atomic mass is 79.9. The molecule has 3 aromatic rings. The smallest absolute Gasteiger partial charge is 0.264 e. The standard InChI is InChI=1S/C31H38BrN3O5S/c1-7-40-27-15-17-28(18-16-27)41(38,39)35(26-13-11-22(2)12-14-26)21-29(36)34(20-24-9-8-10-25(32)19-24)23(3)30(37)33-31(4,5)6/h8-19,23H,7,20-21H2,1-6H3,(H,33,37)/t23-/m1/s1. The van der Waals surface area contributed by atoms with E-state index in [0.29, 0.717) is 18.0 Å². The molecule has 1 atom stereocenters. The first kappa shape index (κ1) is 32.1. The van der Waals surface area contributed by atoms with E-state index in [9.17, 15) is 18.0 Å². The van der Waals surface area contributed by atoms with Crippen molar-refractivity contribution >= 4 is 43.5 Å². The predicted molar refractivity (Wildman–Crippen MR) is 165 cm³/mol. The van der Waals surface area contributed by atoms with E-state index in [0.717, 1.165) is 19.9 Å². The third-order valence-corrected chi connectivity index (χ3v) is 8.51. The number of nitrogens with one attached hydrogen (secondary N) is 1. The molecule has 0 aliphatic carbocycles. The fourth-order valence-electron chi connectivity index (χ4n) is 4.13. The molecule has 0 unspecified atom stereocenters. The third-order valence-electron chi connectivity index (χ3n) is 6.23. The SMILES string of the molecule is CCOc1ccc(S(=O)(=O)N(CC(=O)N(Cc2cccc(Br)c2)[C@H](C)C(=O)NC(C)(C)C)c2ccc(C)cc2)cc1. The Morgan fingerprint density at radius 3 is 2.20 bits per heavy atom. The topological polar surface area (TPSA) is 96.0 Å². The van der Waals surface area contributed by atoms with Gasteiger partial charge in [0.15, 0.2) is 0 Å². The van der Waals surface area contributed by atoms with E-state index >= 15 is 0 Å². The molecule has 0 heterocycles. The van der Waals surface area contributed by atoms with E-state index in [1.54, 1.807) is 43.3 Å². The fraction of sp³-hybridized carbons (Fsp3) is 0.355. The Morgan fingerprint density at radius 2 is 1.63 bits per heavy atom. The Labute approximate surface area is 251 Å². The summed E-state index contributed by atoms with van der Waals surface area (Å²) in [4.78, 5) is 28.7. The summed E-state index contributed by atoms with van der Waals surface area (Å²) in [6, 6.07) is 19.6. The van der Waals surface area contributed by atoms with Crippen molar-refractivity contribution in [2.75, 3.05) is 17.5 Å². The molecular weight excluding hydrogens is 606 g/mol. The molecule has 0 aliphatic heterocycles. The van der Waals surface area contributed by atoms with E-state index in [1.165, 1.54) is 17.0 Å². The second kappa shape index (κ2) is 13.5. The Balaban J connectivity index is 2.03. The first-order valence-electron chi connectivity index (χ1n) is 13.4. The molecule has 0 radical (unpaired) electrons. The third kappa shape index (κ3) is 8.81. The maximum atomic E-state index is 14.0. The van der Waals surface area contributed by atoms with Gasteiger partial charge in [0.25, 0.3) is 10.0 Å². The second-order valence-corrected chi connectivity index (χ2v) is 13.6. The molecule has 220 valence electrons. The first-order valence-corrected chi connectivity index (χ1v) is 15.6. The molecule has 10 heteroatoms. The van der Waals surface area contributed by atoms with Crippen LogP contribution >= 0.6 is 15.9 Å². The number of hydrogen-bond donors (Lipinski definition) is 1. The Morgan fingerprint density at radius 1 is 1.00 bits per heavy atom. The number of carbonyl (C=O) groups is 2. The Hall–Kier alpha value is -3.37. The van der Waals surface area contributed by atoms with Crippen molar-refractivity contribution < 1.29 is 22.7 Å². The van der Waals surface area contributed by atoms with Gasteiger partial charge in [-0.05, 0) is 95.6 Å². The minimum absolute atomic E-state index is 0.0198. The minimum Gasteiger partial charge on any atom is -0.494 e. The van der Waals surface area contributed by atoms with Crippen LogP contribution < -0.4 is 14.4 Å². The highest BCUT2D eigenvalue weighted by Crippen LogP contribution is 2.26. The van der Waals surface area contributed by atoms with Gasteiger partial charge in [0, 0.05) is 16.6 Å². The number of nitrogens with zero attached hydrogens (tertiary/aromatic N) is 2. The summed E-state index contributed by atoms with van der Waals surface area (Å²) in [6.07, 6.45) is 0. The van der Waals surface area contributed by atoms with Crippen molar-refractivity contribution in [3.8, 4) is 5.75 Å². The monoisotopic (exact) mass is 643 g/mol. The lowest BCUT2D eigenvalue weighted by Crippen LogP contribution is -2.54. The zero-order chi connectivity index (χ0) is 30.4. The Bertz CT molecular complexity index is 1450. The number of benzene rings is 3. The lowest BCUT2D eigenvalue weighted by Gasteiger charge is -2.33. The van der Waals surface area contributed by atoms with Gasteiger partial charge in [-0.2, -0.15) is 0 Å². The van der Waals surface area contributed by atoms with Gasteiger partial charge >= 0.3 is 0 Å². The van der Waals surface area contributed by atoms with Crippen LogP contribution in [0.1, 0.15) is 45.7 Å². The van der Waals surface area contributed by atoms with E-state index < -0.39 is 34.1 Å². The summed E-state index contributed by atoms with van der Waals surface area (Å²) in [6.45, 7) is 11.0. The van der Waals surface area contributed by atoms with Crippen LogP contribution in [0.3, 0.4) is 0 Å². The van der Waals surface area contributed by atoms with Crippen molar-refractivity contribution in [1.29, 1.82) is 0 Å². The van der Waals surface area contributed by atoms with Crippen LogP contribution in [-0.4, -0.2) is 49.9 Å². The highest BCUT2D eigenvalue weighted by molar-refractivity contribution is 9.10. The Kier molecular flexibility index (Phi) is 10.6. The summed E-state index contributed by atoms with van der Waals surface area (Å²) in [7, 11) is -4.16. The molecule has 1 N–H and O–H groups in total. The minimum atomic E-state index is -4.16. The highest BCUT2D eigenvalue weighted by Gasteiger charge is 2.33. The van der Waals surface area contributed by atoms with Gasteiger partial charge in [-0.15, -0.1) is 0 Å². The van der Waals surface area contributed by atoms with E-state index in [2.05, 4.69) is 21.2 Å². The van der Waals surface area contributed by atoms with Crippen LogP contribution in [0.15, 0.2) is 82.2 Å². The molecule has 0 fully saturated rings. The van der Waals surface area contributed by atoms with Crippen LogP contribution in [-0.2, 0) is 26.2 Å². The molecule has 0 spiro atoms. The summed E-state index contributed by atoms with van der Waals surface area (Å²) < 4.78 is 35.3. The van der Waals surface area contributed by atoms with E-state index in [1.807, 2.05) is 58.9 Å². The van der Waals surface area contributed by atoms with Gasteiger partial charge in [0.2, 0.25) is 11.8 Å². The van der Waals surface area contributed by atoms with Crippen molar-refractivity contribution in [1.82, 2.24) is 10.2 Å². The molecule has 3 rings (SSSR count). The molecule has 0 saturated carbocycles. The number of amides is 2. The normalized spacial score (nSPS) is 12.4.